The van der Waals surface area contributed by atoms with Crippen LogP contribution in [0, 0.1) is 0 Å². The van der Waals surface area contributed by atoms with Gasteiger partial charge in [-0.25, -0.2) is 4.79 Å². The molecule has 1 amide bonds. The fraction of sp³-hybridized carbons (Fsp3) is 0.467. The van der Waals surface area contributed by atoms with Crippen LogP contribution < -0.4 is 0 Å². The highest BCUT2D eigenvalue weighted by Crippen LogP contribution is 2.23. The first-order valence-electron chi connectivity index (χ1n) is 6.58. The molecule has 4 nitrogen and oxygen atoms in total. The molecule has 2 rings (SSSR count). The van der Waals surface area contributed by atoms with Gasteiger partial charge in [0.15, 0.2) is 0 Å². The van der Waals surface area contributed by atoms with Gasteiger partial charge in [-0.1, -0.05) is 18.2 Å². The highest BCUT2D eigenvalue weighted by molar-refractivity contribution is 5.84. The SMILES string of the molecule is CC(C(=O)O)N(C)C(=O)Cc1ccc2c(c1)CCC2. The topological polar surface area (TPSA) is 57.6 Å². The molecule has 0 radical (unpaired) electrons. The van der Waals surface area contributed by atoms with Crippen molar-refractivity contribution in [3.8, 4) is 0 Å². The first-order chi connectivity index (χ1) is 8.99. The molecule has 19 heavy (non-hydrogen) atoms. The van der Waals surface area contributed by atoms with E-state index in [4.69, 9.17) is 5.11 Å². The lowest BCUT2D eigenvalue weighted by Crippen LogP contribution is -2.41. The van der Waals surface area contributed by atoms with Gasteiger partial charge in [0.25, 0.3) is 0 Å². The molecule has 0 aliphatic heterocycles. The summed E-state index contributed by atoms with van der Waals surface area (Å²) in [5.74, 6) is -1.14. The number of carboxylic acid groups (broad SMARTS) is 1. The molecule has 0 fully saturated rings. The molecule has 1 N–H and O–H groups in total. The number of benzene rings is 1. The van der Waals surface area contributed by atoms with Gasteiger partial charge in [0.2, 0.25) is 5.91 Å². The molecular weight excluding hydrogens is 242 g/mol. The Kier molecular flexibility index (Phi) is 3.88. The van der Waals surface area contributed by atoms with E-state index in [0.717, 1.165) is 18.4 Å². The smallest absolute Gasteiger partial charge is 0.326 e. The number of hydrogen-bond donors (Lipinski definition) is 1. The van der Waals surface area contributed by atoms with Gasteiger partial charge in [-0.3, -0.25) is 4.79 Å². The van der Waals surface area contributed by atoms with Crippen molar-refractivity contribution < 1.29 is 14.7 Å². The van der Waals surface area contributed by atoms with Gasteiger partial charge in [-0.15, -0.1) is 0 Å². The van der Waals surface area contributed by atoms with Gasteiger partial charge in [0.05, 0.1) is 6.42 Å². The third kappa shape index (κ3) is 2.95. The van der Waals surface area contributed by atoms with Crippen LogP contribution in [0.15, 0.2) is 18.2 Å². The number of nitrogens with zero attached hydrogens (tertiary/aromatic N) is 1. The standard InChI is InChI=1S/C15H19NO3/c1-10(15(18)19)16(2)14(17)9-11-6-7-12-4-3-5-13(12)8-11/h6-8,10H,3-5,9H2,1-2H3,(H,18,19). The van der Waals surface area contributed by atoms with Crippen LogP contribution in [0.5, 0.6) is 0 Å². The molecule has 102 valence electrons. The molecule has 1 atom stereocenters. The second-order valence-electron chi connectivity index (χ2n) is 5.15. The highest BCUT2D eigenvalue weighted by Gasteiger charge is 2.22. The molecule has 1 aromatic carbocycles. The number of amides is 1. The summed E-state index contributed by atoms with van der Waals surface area (Å²) in [6.07, 6.45) is 3.66. The van der Waals surface area contributed by atoms with Gasteiger partial charge < -0.3 is 10.0 Å². The molecule has 1 aliphatic rings. The summed E-state index contributed by atoms with van der Waals surface area (Å²) < 4.78 is 0. The lowest BCUT2D eigenvalue weighted by Gasteiger charge is -2.21. The minimum atomic E-state index is -0.982. The normalized spacial score (nSPS) is 14.8. The van der Waals surface area contributed by atoms with Gasteiger partial charge in [-0.2, -0.15) is 0 Å². The van der Waals surface area contributed by atoms with E-state index < -0.39 is 12.0 Å². The summed E-state index contributed by atoms with van der Waals surface area (Å²) in [4.78, 5) is 24.2. The van der Waals surface area contributed by atoms with Crippen LogP contribution in [0.3, 0.4) is 0 Å². The summed E-state index contributed by atoms with van der Waals surface area (Å²) in [5, 5.41) is 8.90. The van der Waals surface area contributed by atoms with E-state index in [-0.39, 0.29) is 12.3 Å². The average Bonchev–Trinajstić information content (AvgIpc) is 2.84. The van der Waals surface area contributed by atoms with Crippen LogP contribution in [0.2, 0.25) is 0 Å². The maximum absolute atomic E-state index is 12.0. The van der Waals surface area contributed by atoms with Gasteiger partial charge in [0.1, 0.15) is 6.04 Å². The van der Waals surface area contributed by atoms with E-state index in [0.29, 0.717) is 0 Å². The van der Waals surface area contributed by atoms with E-state index in [9.17, 15) is 9.59 Å². The van der Waals surface area contributed by atoms with Gasteiger partial charge in [0, 0.05) is 7.05 Å². The molecule has 0 bridgehead atoms. The van der Waals surface area contributed by atoms with Crippen LogP contribution in [0.25, 0.3) is 0 Å². The molecule has 1 unspecified atom stereocenters. The maximum Gasteiger partial charge on any atom is 0.326 e. The Morgan fingerprint density at radius 1 is 1.32 bits per heavy atom. The summed E-state index contributed by atoms with van der Waals surface area (Å²) in [7, 11) is 1.54. The Balaban J connectivity index is 2.05. The van der Waals surface area contributed by atoms with Crippen molar-refractivity contribution in [2.24, 2.45) is 0 Å². The summed E-state index contributed by atoms with van der Waals surface area (Å²) in [6, 6.07) is 5.36. The first kappa shape index (κ1) is 13.6. The summed E-state index contributed by atoms with van der Waals surface area (Å²) >= 11 is 0. The third-order valence-electron chi connectivity index (χ3n) is 3.85. The predicted molar refractivity (Wildman–Crippen MR) is 72.0 cm³/mol. The monoisotopic (exact) mass is 261 g/mol. The van der Waals surface area contributed by atoms with E-state index in [1.54, 1.807) is 0 Å². The molecule has 0 heterocycles. The second kappa shape index (κ2) is 5.43. The van der Waals surface area contributed by atoms with Crippen molar-refractivity contribution in [3.05, 3.63) is 34.9 Å². The van der Waals surface area contributed by atoms with E-state index >= 15 is 0 Å². The van der Waals surface area contributed by atoms with E-state index in [1.165, 1.54) is 36.4 Å². The zero-order valence-corrected chi connectivity index (χ0v) is 11.3. The number of aliphatic carboxylic acids is 1. The fourth-order valence-electron chi connectivity index (χ4n) is 2.42. The van der Waals surface area contributed by atoms with E-state index in [1.807, 2.05) is 6.07 Å². The van der Waals surface area contributed by atoms with Crippen molar-refractivity contribution in [1.82, 2.24) is 4.90 Å². The molecule has 0 saturated heterocycles. The highest BCUT2D eigenvalue weighted by atomic mass is 16.4. The fourth-order valence-corrected chi connectivity index (χ4v) is 2.42. The zero-order chi connectivity index (χ0) is 14.0. The number of carbonyl (C=O) groups excluding carboxylic acids is 1. The Hall–Kier alpha value is -1.84. The van der Waals surface area contributed by atoms with Crippen molar-refractivity contribution in [1.29, 1.82) is 0 Å². The first-order valence-corrected chi connectivity index (χ1v) is 6.58. The Bertz CT molecular complexity index is 510. The number of rotatable bonds is 4. The molecule has 0 spiro atoms. The summed E-state index contributed by atoms with van der Waals surface area (Å²) in [6.45, 7) is 1.52. The van der Waals surface area contributed by atoms with Crippen LogP contribution in [0.4, 0.5) is 0 Å². The minimum Gasteiger partial charge on any atom is -0.480 e. The van der Waals surface area contributed by atoms with Crippen LogP contribution in [-0.2, 0) is 28.9 Å². The van der Waals surface area contributed by atoms with Crippen molar-refractivity contribution in [2.75, 3.05) is 7.05 Å². The second-order valence-corrected chi connectivity index (χ2v) is 5.15. The van der Waals surface area contributed by atoms with E-state index in [2.05, 4.69) is 12.1 Å². The lowest BCUT2D eigenvalue weighted by atomic mass is 10.0. The Morgan fingerprint density at radius 3 is 2.68 bits per heavy atom. The molecule has 0 saturated carbocycles. The molecule has 4 heteroatoms. The van der Waals surface area contributed by atoms with Gasteiger partial charge >= 0.3 is 5.97 Å². The van der Waals surface area contributed by atoms with Crippen LogP contribution in [0.1, 0.15) is 30.0 Å². The average molecular weight is 261 g/mol. The van der Waals surface area contributed by atoms with Crippen molar-refractivity contribution in [3.63, 3.8) is 0 Å². The number of hydrogen-bond acceptors (Lipinski definition) is 2. The molecule has 0 aromatic heterocycles. The Labute approximate surface area is 113 Å². The number of fused-ring (bicyclic) bond motifs is 1. The lowest BCUT2D eigenvalue weighted by molar-refractivity contribution is -0.147. The maximum atomic E-state index is 12.0. The van der Waals surface area contributed by atoms with Crippen molar-refractivity contribution >= 4 is 11.9 Å². The zero-order valence-electron chi connectivity index (χ0n) is 11.3. The van der Waals surface area contributed by atoms with Crippen LogP contribution >= 0.6 is 0 Å². The third-order valence-corrected chi connectivity index (χ3v) is 3.85. The quantitative estimate of drug-likeness (QED) is 0.896. The number of aryl methyl sites for hydroxylation is 2. The molecule has 1 aromatic rings. The van der Waals surface area contributed by atoms with Crippen LogP contribution in [-0.4, -0.2) is 35.0 Å². The molecule has 1 aliphatic carbocycles. The minimum absolute atomic E-state index is 0.159. The van der Waals surface area contributed by atoms with Gasteiger partial charge in [-0.05, 0) is 42.9 Å². The number of carboxylic acids is 1. The number of carbonyl (C=O) groups is 2. The Morgan fingerprint density at radius 2 is 2.00 bits per heavy atom. The largest absolute Gasteiger partial charge is 0.480 e. The summed E-state index contributed by atoms with van der Waals surface area (Å²) in [5.41, 5.74) is 3.68. The van der Waals surface area contributed by atoms with Crippen molar-refractivity contribution in [2.45, 2.75) is 38.6 Å². The molecular formula is C15H19NO3. The number of likely N-dealkylation sites (N-methyl/N-ethyl adjacent to an activating group) is 1. The predicted octanol–water partition coefficient (Wildman–Crippen LogP) is 1.65.